The Hall–Kier alpha value is -6.70. The number of carbonyl (C=O) groups excluding carboxylic acids is 4. The van der Waals surface area contributed by atoms with E-state index >= 15 is 0 Å². The third kappa shape index (κ3) is 6.91. The minimum atomic E-state index is -0.877. The lowest BCUT2D eigenvalue weighted by Gasteiger charge is -2.36. The molecule has 2 aliphatic carbocycles. The lowest BCUT2D eigenvalue weighted by molar-refractivity contribution is -0.138. The van der Waals surface area contributed by atoms with Crippen LogP contribution in [0, 0.1) is 17.8 Å². The van der Waals surface area contributed by atoms with Gasteiger partial charge in [0.05, 0.1) is 49.2 Å². The highest BCUT2D eigenvalue weighted by Gasteiger charge is 2.56. The van der Waals surface area contributed by atoms with Gasteiger partial charge in [0.25, 0.3) is 5.91 Å². The molecule has 4 aromatic carbocycles. The summed E-state index contributed by atoms with van der Waals surface area (Å²) in [6.07, 6.45) is 5.21. The number of nitrogens with one attached hydrogen (secondary N) is 4. The molecule has 2 bridgehead atoms. The van der Waals surface area contributed by atoms with Crippen molar-refractivity contribution in [3.8, 4) is 22.4 Å². The van der Waals surface area contributed by atoms with Gasteiger partial charge in [-0.3, -0.25) is 9.59 Å². The van der Waals surface area contributed by atoms with Gasteiger partial charge in [-0.15, -0.1) is 0 Å². The molecule has 2 aliphatic heterocycles. The number of methoxy groups -OCH3 is 2. The highest BCUT2D eigenvalue weighted by molar-refractivity contribution is 6.05. The zero-order chi connectivity index (χ0) is 42.8. The Kier molecular flexibility index (Phi) is 9.95. The fourth-order valence-corrected chi connectivity index (χ4v) is 10.4. The van der Waals surface area contributed by atoms with E-state index in [2.05, 4.69) is 75.2 Å². The molecule has 0 spiro atoms. The molecule has 4 heterocycles. The topological polar surface area (TPSA) is 175 Å². The molecule has 2 saturated heterocycles. The molecule has 6 aromatic rings. The Balaban J connectivity index is 0.872. The molecule has 4 amide bonds. The van der Waals surface area contributed by atoms with Gasteiger partial charge in [-0.05, 0) is 89.6 Å². The number of alkyl carbamates (subject to hydrolysis) is 2. The number of benzene rings is 4. The zero-order valence-corrected chi connectivity index (χ0v) is 35.1. The van der Waals surface area contributed by atoms with Crippen LogP contribution in [0.1, 0.15) is 81.3 Å². The first-order chi connectivity index (χ1) is 30.1. The minimum Gasteiger partial charge on any atom is -0.453 e. The molecule has 2 saturated carbocycles. The van der Waals surface area contributed by atoms with Gasteiger partial charge in [-0.2, -0.15) is 0 Å². The van der Waals surface area contributed by atoms with Gasteiger partial charge >= 0.3 is 12.2 Å². The van der Waals surface area contributed by atoms with Gasteiger partial charge in [0.2, 0.25) is 5.91 Å². The van der Waals surface area contributed by atoms with Gasteiger partial charge in [-0.25, -0.2) is 19.6 Å². The maximum absolute atomic E-state index is 14.3. The number of ether oxygens (including phenoxy) is 2. The Bertz CT molecular complexity index is 2690. The lowest BCUT2D eigenvalue weighted by Crippen LogP contribution is -2.52. The van der Waals surface area contributed by atoms with Crippen molar-refractivity contribution in [2.24, 2.45) is 17.8 Å². The summed E-state index contributed by atoms with van der Waals surface area (Å²) in [4.78, 5) is 73.7. The number of aromatic amines is 2. The van der Waals surface area contributed by atoms with Crippen molar-refractivity contribution in [2.45, 2.75) is 82.2 Å². The summed E-state index contributed by atoms with van der Waals surface area (Å²) in [7, 11) is 2.60. The predicted molar refractivity (Wildman–Crippen MR) is 232 cm³/mol. The van der Waals surface area contributed by atoms with Gasteiger partial charge in [0.1, 0.15) is 23.7 Å². The number of carbonyl (C=O) groups is 4. The molecular weight excluding hydrogens is 785 g/mol. The van der Waals surface area contributed by atoms with E-state index in [9.17, 15) is 19.2 Å². The molecule has 62 heavy (non-hydrogen) atoms. The van der Waals surface area contributed by atoms with Gasteiger partial charge in [0, 0.05) is 17.5 Å². The van der Waals surface area contributed by atoms with Crippen LogP contribution >= 0.6 is 0 Å². The Labute approximate surface area is 358 Å². The molecule has 14 heteroatoms. The fourth-order valence-electron chi connectivity index (χ4n) is 10.4. The second-order valence-electron chi connectivity index (χ2n) is 17.6. The molecule has 2 aromatic heterocycles. The number of amides is 4. The van der Waals surface area contributed by atoms with Crippen molar-refractivity contribution < 1.29 is 28.7 Å². The number of hydrogen-bond acceptors (Lipinski definition) is 8. The number of imidazole rings is 2. The van der Waals surface area contributed by atoms with Gasteiger partial charge < -0.3 is 39.9 Å². The molecule has 4 aliphatic rings. The third-order valence-electron chi connectivity index (χ3n) is 13.6. The van der Waals surface area contributed by atoms with E-state index in [1.165, 1.54) is 14.2 Å². The van der Waals surface area contributed by atoms with E-state index in [1.807, 2.05) is 60.2 Å². The molecular formula is C48H50N8O6. The zero-order valence-electron chi connectivity index (χ0n) is 35.1. The summed E-state index contributed by atoms with van der Waals surface area (Å²) >= 11 is 0. The van der Waals surface area contributed by atoms with E-state index in [4.69, 9.17) is 19.4 Å². The second-order valence-corrected chi connectivity index (χ2v) is 17.6. The Morgan fingerprint density at radius 1 is 0.742 bits per heavy atom. The van der Waals surface area contributed by atoms with Crippen molar-refractivity contribution in [3.05, 3.63) is 108 Å². The summed E-state index contributed by atoms with van der Waals surface area (Å²) in [5.41, 5.74) is 6.45. The van der Waals surface area contributed by atoms with Crippen molar-refractivity contribution in [2.75, 3.05) is 14.2 Å². The minimum absolute atomic E-state index is 0.0730. The maximum atomic E-state index is 14.3. The molecule has 318 valence electrons. The first-order valence-corrected chi connectivity index (χ1v) is 21.6. The number of H-pyrrole nitrogens is 2. The standard InChI is InChI=1S/C48H50N8O6/c1-25(2)39(53-47(59)61-3)45(57)56-37-22-32(37)23-38(56)43-50-35-19-16-30-20-29(15-18-34(30)41(35)52-43)26-10-12-27(13-11-26)36-24-49-44(51-36)42-31-14-17-33(21-31)55(42)46(58)40(54-48(60)62-4)28-8-6-5-7-9-28/h5-13,15-16,18-20,24-25,31-33,37-40,42H,14,17,21-23H2,1-4H3,(H,49,51)(H,50,52)(H,53,59)(H,54,60)/t31-,32+,33+,37?,38-,39-,40+,42-/m0/s1. The number of hydrogen-bond donors (Lipinski definition) is 4. The molecule has 10 rings (SSSR count). The Morgan fingerprint density at radius 3 is 2.24 bits per heavy atom. The second kappa shape index (κ2) is 15.6. The quantitative estimate of drug-likeness (QED) is 0.108. The van der Waals surface area contributed by atoms with Gasteiger partial charge in [0.15, 0.2) is 0 Å². The van der Waals surface area contributed by atoms with Crippen molar-refractivity contribution in [1.82, 2.24) is 40.4 Å². The summed E-state index contributed by atoms with van der Waals surface area (Å²) < 4.78 is 9.73. The highest BCUT2D eigenvalue weighted by Crippen LogP contribution is 2.54. The van der Waals surface area contributed by atoms with Crippen LogP contribution in [0.15, 0.2) is 91.1 Å². The van der Waals surface area contributed by atoms with Crippen molar-refractivity contribution in [1.29, 1.82) is 0 Å². The summed E-state index contributed by atoms with van der Waals surface area (Å²) in [6.45, 7) is 3.85. The van der Waals surface area contributed by atoms with Crippen LogP contribution in [0.4, 0.5) is 9.59 Å². The normalized spacial score (nSPS) is 23.4. The first-order valence-electron chi connectivity index (χ1n) is 21.6. The molecule has 4 fully saturated rings. The number of aromatic nitrogens is 4. The number of likely N-dealkylation sites (tertiary alicyclic amines) is 2. The SMILES string of the molecule is COC(=O)N[C@H](C(=O)N1C2C[C@@H]2C[C@H]1c1nc2c(ccc3cc(-c4ccc(-c5cnc([C@@H]6[C@H]7CC[C@H](C7)N6C(=O)[C@H](NC(=O)OC)c6ccccc6)[nH]5)cc4)ccc32)[nH]1)C(C)C. The predicted octanol–water partition coefficient (Wildman–Crippen LogP) is 7.97. The summed E-state index contributed by atoms with van der Waals surface area (Å²) in [5, 5.41) is 7.61. The van der Waals surface area contributed by atoms with Crippen LogP contribution in [0.3, 0.4) is 0 Å². The molecule has 14 nitrogen and oxygen atoms in total. The largest absolute Gasteiger partial charge is 0.453 e. The van der Waals surface area contributed by atoms with Gasteiger partial charge in [-0.1, -0.05) is 86.6 Å². The summed E-state index contributed by atoms with van der Waals surface area (Å²) in [6, 6.07) is 26.5. The van der Waals surface area contributed by atoms with E-state index in [0.29, 0.717) is 11.5 Å². The highest BCUT2D eigenvalue weighted by atomic mass is 16.5. The van der Waals surface area contributed by atoms with Crippen LogP contribution in [0.25, 0.3) is 44.2 Å². The Morgan fingerprint density at radius 2 is 1.48 bits per heavy atom. The molecule has 1 unspecified atom stereocenters. The first kappa shape index (κ1) is 39.4. The third-order valence-corrected chi connectivity index (χ3v) is 13.6. The number of fused-ring (bicyclic) bond motifs is 6. The van der Waals surface area contributed by atoms with Crippen LogP contribution in [-0.2, 0) is 19.1 Å². The van der Waals surface area contributed by atoms with E-state index in [0.717, 1.165) is 87.9 Å². The van der Waals surface area contributed by atoms with E-state index in [1.54, 1.807) is 0 Å². The fraction of sp³-hybridized carbons (Fsp3) is 0.375. The molecule has 8 atom stereocenters. The van der Waals surface area contributed by atoms with Crippen LogP contribution in [0.5, 0.6) is 0 Å². The van der Waals surface area contributed by atoms with Crippen LogP contribution < -0.4 is 10.6 Å². The number of rotatable bonds is 10. The number of nitrogens with zero attached hydrogens (tertiary/aromatic N) is 4. The summed E-state index contributed by atoms with van der Waals surface area (Å²) in [5.74, 6) is 1.84. The van der Waals surface area contributed by atoms with E-state index < -0.39 is 24.3 Å². The average molecular weight is 835 g/mol. The maximum Gasteiger partial charge on any atom is 0.407 e. The van der Waals surface area contributed by atoms with Crippen molar-refractivity contribution in [3.63, 3.8) is 0 Å². The van der Waals surface area contributed by atoms with Crippen LogP contribution in [-0.4, -0.2) is 86.1 Å². The smallest absolute Gasteiger partial charge is 0.407 e. The number of piperidine rings is 2. The molecule has 4 N–H and O–H groups in total. The lowest BCUT2D eigenvalue weighted by atomic mass is 9.96. The van der Waals surface area contributed by atoms with Crippen molar-refractivity contribution >= 4 is 45.8 Å². The average Bonchev–Trinajstić information content (AvgIpc) is 3.92. The van der Waals surface area contributed by atoms with Crippen LogP contribution in [0.2, 0.25) is 0 Å². The molecule has 0 radical (unpaired) electrons. The monoisotopic (exact) mass is 834 g/mol. The van der Waals surface area contributed by atoms with E-state index in [-0.39, 0.29) is 47.8 Å².